The van der Waals surface area contributed by atoms with Crippen molar-refractivity contribution in [3.63, 3.8) is 0 Å². The van der Waals surface area contributed by atoms with Crippen molar-refractivity contribution in [1.82, 2.24) is 10.2 Å². The van der Waals surface area contributed by atoms with Crippen molar-refractivity contribution in [2.45, 2.75) is 18.2 Å². The summed E-state index contributed by atoms with van der Waals surface area (Å²) in [6.07, 6.45) is 0. The van der Waals surface area contributed by atoms with Crippen LogP contribution in [0.15, 0.2) is 46.8 Å². The van der Waals surface area contributed by atoms with Crippen LogP contribution in [0.5, 0.6) is 0 Å². The summed E-state index contributed by atoms with van der Waals surface area (Å²) >= 11 is 2.73. The molecule has 1 amide bonds. The van der Waals surface area contributed by atoms with Gasteiger partial charge in [0.15, 0.2) is 4.34 Å². The Balaban J connectivity index is 1.55. The molecule has 1 aromatic heterocycles. The maximum Gasteiger partial charge on any atom is 0.234 e. The number of carbonyl (C=O) groups is 1. The SMILES string of the molecule is Cc1cccc(Nc2nnc(SCC(=O)Nc3cccc(C#N)c3)s2)c1C. The number of aryl methyl sites for hydroxylation is 1. The molecule has 8 heteroatoms. The first-order valence-electron chi connectivity index (χ1n) is 8.14. The summed E-state index contributed by atoms with van der Waals surface area (Å²) in [5.74, 6) is 0.0591. The van der Waals surface area contributed by atoms with Crippen molar-refractivity contribution < 1.29 is 4.79 Å². The first-order chi connectivity index (χ1) is 13.0. The van der Waals surface area contributed by atoms with Crippen molar-refractivity contribution in [2.75, 3.05) is 16.4 Å². The van der Waals surface area contributed by atoms with Gasteiger partial charge in [-0.2, -0.15) is 5.26 Å². The van der Waals surface area contributed by atoms with Crippen LogP contribution in [0.25, 0.3) is 0 Å². The first kappa shape index (κ1) is 18.9. The summed E-state index contributed by atoms with van der Waals surface area (Å²) in [5.41, 5.74) is 4.48. The fourth-order valence-corrected chi connectivity index (χ4v) is 3.88. The normalized spacial score (nSPS) is 10.3. The average Bonchev–Trinajstić information content (AvgIpc) is 3.11. The number of nitriles is 1. The number of amides is 1. The quantitative estimate of drug-likeness (QED) is 0.597. The van der Waals surface area contributed by atoms with Gasteiger partial charge in [0.1, 0.15) is 0 Å². The van der Waals surface area contributed by atoms with Gasteiger partial charge in [-0.05, 0) is 49.2 Å². The van der Waals surface area contributed by atoms with Crippen LogP contribution < -0.4 is 10.6 Å². The summed E-state index contributed by atoms with van der Waals surface area (Å²) in [6, 6.07) is 14.9. The van der Waals surface area contributed by atoms with Crippen molar-refractivity contribution in [2.24, 2.45) is 0 Å². The van der Waals surface area contributed by atoms with E-state index in [0.29, 0.717) is 20.7 Å². The second kappa shape index (κ2) is 8.66. The van der Waals surface area contributed by atoms with Crippen LogP contribution in [0.1, 0.15) is 16.7 Å². The fourth-order valence-electron chi connectivity index (χ4n) is 2.31. The minimum Gasteiger partial charge on any atom is -0.330 e. The van der Waals surface area contributed by atoms with Crippen molar-refractivity contribution >= 4 is 45.5 Å². The van der Waals surface area contributed by atoms with Crippen molar-refractivity contribution in [1.29, 1.82) is 5.26 Å². The van der Waals surface area contributed by atoms with E-state index in [0.717, 1.165) is 5.69 Å². The molecule has 0 saturated carbocycles. The molecule has 0 aliphatic carbocycles. The lowest BCUT2D eigenvalue weighted by molar-refractivity contribution is -0.113. The number of anilines is 3. The van der Waals surface area contributed by atoms with E-state index < -0.39 is 0 Å². The molecule has 0 aliphatic rings. The van der Waals surface area contributed by atoms with Crippen LogP contribution in [0, 0.1) is 25.2 Å². The monoisotopic (exact) mass is 395 g/mol. The van der Waals surface area contributed by atoms with Gasteiger partial charge in [0.2, 0.25) is 11.0 Å². The lowest BCUT2D eigenvalue weighted by atomic mass is 10.1. The molecule has 0 fully saturated rings. The highest BCUT2D eigenvalue weighted by Gasteiger charge is 2.10. The largest absolute Gasteiger partial charge is 0.330 e. The van der Waals surface area contributed by atoms with Crippen LogP contribution in [0.2, 0.25) is 0 Å². The van der Waals surface area contributed by atoms with Crippen LogP contribution in [0.4, 0.5) is 16.5 Å². The van der Waals surface area contributed by atoms with Gasteiger partial charge in [-0.25, -0.2) is 0 Å². The molecule has 0 saturated heterocycles. The van der Waals surface area contributed by atoms with E-state index in [1.54, 1.807) is 24.3 Å². The van der Waals surface area contributed by atoms with Crippen molar-refractivity contribution in [3.8, 4) is 6.07 Å². The zero-order chi connectivity index (χ0) is 19.2. The van der Waals surface area contributed by atoms with E-state index in [2.05, 4.69) is 40.7 Å². The number of thioether (sulfide) groups is 1. The molecule has 27 heavy (non-hydrogen) atoms. The van der Waals surface area contributed by atoms with E-state index in [9.17, 15) is 4.79 Å². The molecule has 1 heterocycles. The minimum absolute atomic E-state index is 0.158. The van der Waals surface area contributed by atoms with Crippen LogP contribution >= 0.6 is 23.1 Å². The van der Waals surface area contributed by atoms with Gasteiger partial charge in [-0.1, -0.05) is 41.3 Å². The van der Waals surface area contributed by atoms with Crippen LogP contribution in [-0.4, -0.2) is 21.9 Å². The van der Waals surface area contributed by atoms with Gasteiger partial charge >= 0.3 is 0 Å². The van der Waals surface area contributed by atoms with Gasteiger partial charge < -0.3 is 10.6 Å². The van der Waals surface area contributed by atoms with Crippen LogP contribution in [0.3, 0.4) is 0 Å². The van der Waals surface area contributed by atoms with Crippen LogP contribution in [-0.2, 0) is 4.79 Å². The molecule has 2 aromatic carbocycles. The lowest BCUT2D eigenvalue weighted by Gasteiger charge is -2.08. The summed E-state index contributed by atoms with van der Waals surface area (Å²) in [4.78, 5) is 12.1. The number of nitrogens with zero attached hydrogens (tertiary/aromatic N) is 3. The lowest BCUT2D eigenvalue weighted by Crippen LogP contribution is -2.13. The van der Waals surface area contributed by atoms with E-state index in [-0.39, 0.29) is 11.7 Å². The Morgan fingerprint density at radius 3 is 2.85 bits per heavy atom. The van der Waals surface area contributed by atoms with Gasteiger partial charge in [0.05, 0.1) is 17.4 Å². The molecule has 3 rings (SSSR count). The Labute approximate surface area is 165 Å². The highest BCUT2D eigenvalue weighted by atomic mass is 32.2. The molecule has 0 atom stereocenters. The van der Waals surface area contributed by atoms with E-state index in [4.69, 9.17) is 5.26 Å². The van der Waals surface area contributed by atoms with E-state index >= 15 is 0 Å². The maximum absolute atomic E-state index is 12.1. The Kier molecular flexibility index (Phi) is 6.06. The van der Waals surface area contributed by atoms with Crippen molar-refractivity contribution in [3.05, 3.63) is 59.2 Å². The Morgan fingerprint density at radius 1 is 1.22 bits per heavy atom. The zero-order valence-electron chi connectivity index (χ0n) is 14.8. The number of rotatable bonds is 6. The second-order valence-electron chi connectivity index (χ2n) is 5.78. The Morgan fingerprint density at radius 2 is 2.04 bits per heavy atom. The number of carbonyl (C=O) groups excluding carboxylic acids is 1. The smallest absolute Gasteiger partial charge is 0.234 e. The second-order valence-corrected chi connectivity index (χ2v) is 7.98. The summed E-state index contributed by atoms with van der Waals surface area (Å²) < 4.78 is 0.712. The molecule has 0 radical (unpaired) electrons. The number of nitrogens with one attached hydrogen (secondary N) is 2. The van der Waals surface area contributed by atoms with Gasteiger partial charge in [-0.15, -0.1) is 10.2 Å². The fraction of sp³-hybridized carbons (Fsp3) is 0.158. The predicted octanol–water partition coefficient (Wildman–Crippen LogP) is 4.50. The number of hydrogen-bond acceptors (Lipinski definition) is 7. The summed E-state index contributed by atoms with van der Waals surface area (Å²) in [7, 11) is 0. The molecule has 0 bridgehead atoms. The highest BCUT2D eigenvalue weighted by Crippen LogP contribution is 2.29. The molecule has 0 spiro atoms. The highest BCUT2D eigenvalue weighted by molar-refractivity contribution is 8.01. The number of hydrogen-bond donors (Lipinski definition) is 2. The molecule has 2 N–H and O–H groups in total. The van der Waals surface area contributed by atoms with Gasteiger partial charge in [0.25, 0.3) is 0 Å². The molecule has 6 nitrogen and oxygen atoms in total. The predicted molar refractivity (Wildman–Crippen MR) is 110 cm³/mol. The Hall–Kier alpha value is -2.89. The molecule has 3 aromatic rings. The van der Waals surface area contributed by atoms with Gasteiger partial charge in [0, 0.05) is 11.4 Å². The van der Waals surface area contributed by atoms with E-state index in [1.807, 2.05) is 18.2 Å². The zero-order valence-corrected chi connectivity index (χ0v) is 16.4. The van der Waals surface area contributed by atoms with Gasteiger partial charge in [-0.3, -0.25) is 4.79 Å². The third kappa shape index (κ3) is 5.06. The first-order valence-corrected chi connectivity index (χ1v) is 9.95. The summed E-state index contributed by atoms with van der Waals surface area (Å²) in [6.45, 7) is 4.12. The van der Waals surface area contributed by atoms with E-state index in [1.165, 1.54) is 34.2 Å². The third-order valence-electron chi connectivity index (χ3n) is 3.85. The minimum atomic E-state index is -0.158. The molecular weight excluding hydrogens is 378 g/mol. The maximum atomic E-state index is 12.1. The molecule has 0 aliphatic heterocycles. The third-order valence-corrected chi connectivity index (χ3v) is 5.83. The topological polar surface area (TPSA) is 90.7 Å². The summed E-state index contributed by atoms with van der Waals surface area (Å²) in [5, 5.41) is 23.9. The average molecular weight is 396 g/mol. The molecular formula is C19H17N5OS2. The number of benzene rings is 2. The Bertz CT molecular complexity index is 1010. The number of aromatic nitrogens is 2. The standard InChI is InChI=1S/C19H17N5OS2/c1-12-5-3-8-16(13(12)2)22-18-23-24-19(27-18)26-11-17(25)21-15-7-4-6-14(9-15)10-20/h3-9H,11H2,1-2H3,(H,21,25)(H,22,23). The molecule has 0 unspecified atom stereocenters. The molecule has 136 valence electrons.